The molecule has 2 aromatic heterocycles. The molecule has 1 N–H and O–H groups in total. The number of carbonyl (C=O) groups excluding carboxylic acids is 1. The van der Waals surface area contributed by atoms with Gasteiger partial charge < -0.3 is 10.1 Å². The Kier molecular flexibility index (Phi) is 6.15. The minimum atomic E-state index is -0.519. The molecule has 0 bridgehead atoms. The maximum absolute atomic E-state index is 12.6. The Hall–Kier alpha value is -2.25. The van der Waals surface area contributed by atoms with Crippen molar-refractivity contribution in [3.8, 4) is 0 Å². The number of aryl methyl sites for hydroxylation is 1. The van der Waals surface area contributed by atoms with Crippen molar-refractivity contribution in [1.82, 2.24) is 19.9 Å². The lowest BCUT2D eigenvalue weighted by molar-refractivity contribution is -0.129. The molecule has 0 saturated heterocycles. The standard InChI is InChI=1S/C21H25BrN4O2/c1-14-7-5-6-8-15(14)12-28-13-17(23-20(27)21(2,3)4)19-25-24-18-10-9-16(22)11-26(18)19/h5-11,17H,12-13H2,1-4H3,(H,23,27)/t17-/m1/s1. The summed E-state index contributed by atoms with van der Waals surface area (Å²) in [6.07, 6.45) is 1.89. The maximum Gasteiger partial charge on any atom is 0.226 e. The van der Waals surface area contributed by atoms with Gasteiger partial charge in [-0.25, -0.2) is 0 Å². The van der Waals surface area contributed by atoms with E-state index in [0.29, 0.717) is 24.7 Å². The summed E-state index contributed by atoms with van der Waals surface area (Å²) < 4.78 is 8.75. The number of ether oxygens (including phenoxy) is 1. The lowest BCUT2D eigenvalue weighted by atomic mass is 9.95. The van der Waals surface area contributed by atoms with Gasteiger partial charge in [0.15, 0.2) is 11.5 Å². The van der Waals surface area contributed by atoms with Crippen LogP contribution in [0.5, 0.6) is 0 Å². The molecule has 28 heavy (non-hydrogen) atoms. The number of nitrogens with zero attached hydrogens (tertiary/aromatic N) is 3. The first-order valence-corrected chi connectivity index (χ1v) is 9.98. The smallest absolute Gasteiger partial charge is 0.226 e. The van der Waals surface area contributed by atoms with Crippen LogP contribution in [-0.4, -0.2) is 27.1 Å². The molecule has 3 rings (SSSR count). The van der Waals surface area contributed by atoms with Crippen molar-refractivity contribution in [2.45, 2.75) is 40.3 Å². The number of nitrogens with one attached hydrogen (secondary N) is 1. The van der Waals surface area contributed by atoms with Crippen LogP contribution in [0.1, 0.15) is 43.8 Å². The summed E-state index contributed by atoms with van der Waals surface area (Å²) in [5, 5.41) is 11.6. The highest BCUT2D eigenvalue weighted by Gasteiger charge is 2.27. The molecule has 1 aromatic carbocycles. The SMILES string of the molecule is Cc1ccccc1COC[C@@H](NC(=O)C(C)(C)C)c1nnc2ccc(Br)cn12. The van der Waals surface area contributed by atoms with Gasteiger partial charge >= 0.3 is 0 Å². The van der Waals surface area contributed by atoms with Crippen molar-refractivity contribution in [3.63, 3.8) is 0 Å². The van der Waals surface area contributed by atoms with E-state index < -0.39 is 11.5 Å². The average molecular weight is 445 g/mol. The Morgan fingerprint density at radius 3 is 2.68 bits per heavy atom. The van der Waals surface area contributed by atoms with Gasteiger partial charge in [0.05, 0.1) is 13.2 Å². The van der Waals surface area contributed by atoms with Crippen molar-refractivity contribution in [2.75, 3.05) is 6.61 Å². The Bertz CT molecular complexity index is 978. The van der Waals surface area contributed by atoms with E-state index in [1.165, 1.54) is 5.56 Å². The quantitative estimate of drug-likeness (QED) is 0.617. The van der Waals surface area contributed by atoms with Gasteiger partial charge in [-0.05, 0) is 46.1 Å². The second-order valence-corrected chi connectivity index (χ2v) is 8.77. The van der Waals surface area contributed by atoms with Gasteiger partial charge in [0.25, 0.3) is 0 Å². The normalized spacial score (nSPS) is 12.9. The van der Waals surface area contributed by atoms with Crippen LogP contribution < -0.4 is 5.32 Å². The molecule has 1 atom stereocenters. The van der Waals surface area contributed by atoms with Gasteiger partial charge in [-0.1, -0.05) is 45.0 Å². The second-order valence-electron chi connectivity index (χ2n) is 7.85. The zero-order valence-electron chi connectivity index (χ0n) is 16.6. The van der Waals surface area contributed by atoms with E-state index in [0.717, 1.165) is 10.0 Å². The highest BCUT2D eigenvalue weighted by molar-refractivity contribution is 9.10. The Labute approximate surface area is 173 Å². The Balaban J connectivity index is 1.83. The summed E-state index contributed by atoms with van der Waals surface area (Å²) in [4.78, 5) is 12.6. The molecular weight excluding hydrogens is 420 g/mol. The first kappa shape index (κ1) is 20.5. The molecule has 2 heterocycles. The molecule has 3 aromatic rings. The van der Waals surface area contributed by atoms with Crippen LogP contribution in [0.2, 0.25) is 0 Å². The van der Waals surface area contributed by atoms with Crippen LogP contribution in [0, 0.1) is 12.3 Å². The van der Waals surface area contributed by atoms with Crippen molar-refractivity contribution in [2.24, 2.45) is 5.41 Å². The lowest BCUT2D eigenvalue weighted by Crippen LogP contribution is -2.39. The maximum atomic E-state index is 12.6. The van der Waals surface area contributed by atoms with Crippen molar-refractivity contribution in [1.29, 1.82) is 0 Å². The van der Waals surface area contributed by atoms with Gasteiger partial charge in [-0.3, -0.25) is 9.20 Å². The first-order chi connectivity index (χ1) is 13.3. The monoisotopic (exact) mass is 444 g/mol. The zero-order valence-corrected chi connectivity index (χ0v) is 18.2. The number of rotatable bonds is 6. The predicted molar refractivity (Wildman–Crippen MR) is 112 cm³/mol. The third-order valence-corrected chi connectivity index (χ3v) is 4.96. The van der Waals surface area contributed by atoms with E-state index >= 15 is 0 Å². The average Bonchev–Trinajstić information content (AvgIpc) is 3.04. The van der Waals surface area contributed by atoms with Crippen LogP contribution >= 0.6 is 15.9 Å². The van der Waals surface area contributed by atoms with Crippen LogP contribution in [-0.2, 0) is 16.1 Å². The fourth-order valence-corrected chi connectivity index (χ4v) is 3.07. The third kappa shape index (κ3) is 4.77. The summed E-state index contributed by atoms with van der Waals surface area (Å²) in [5.41, 5.74) is 2.49. The van der Waals surface area contributed by atoms with Crippen LogP contribution in [0.3, 0.4) is 0 Å². The number of fused-ring (bicyclic) bond motifs is 1. The molecular formula is C21H25BrN4O2. The molecule has 6 nitrogen and oxygen atoms in total. The molecule has 0 aliphatic carbocycles. The van der Waals surface area contributed by atoms with E-state index in [9.17, 15) is 4.79 Å². The van der Waals surface area contributed by atoms with Gasteiger partial charge in [0, 0.05) is 16.1 Å². The fraction of sp³-hybridized carbons (Fsp3) is 0.381. The topological polar surface area (TPSA) is 68.5 Å². The summed E-state index contributed by atoms with van der Waals surface area (Å²) in [7, 11) is 0. The Morgan fingerprint density at radius 1 is 1.21 bits per heavy atom. The minimum absolute atomic E-state index is 0.0660. The van der Waals surface area contributed by atoms with E-state index in [1.54, 1.807) is 0 Å². The van der Waals surface area contributed by atoms with E-state index in [-0.39, 0.29) is 5.91 Å². The minimum Gasteiger partial charge on any atom is -0.374 e. The highest BCUT2D eigenvalue weighted by atomic mass is 79.9. The van der Waals surface area contributed by atoms with Gasteiger partial charge in [-0.2, -0.15) is 0 Å². The summed E-state index contributed by atoms with van der Waals surface area (Å²) >= 11 is 3.48. The van der Waals surface area contributed by atoms with Crippen LogP contribution in [0.4, 0.5) is 0 Å². The fourth-order valence-electron chi connectivity index (χ4n) is 2.73. The molecule has 1 amide bonds. The number of halogens is 1. The lowest BCUT2D eigenvalue weighted by Gasteiger charge is -2.23. The summed E-state index contributed by atoms with van der Waals surface area (Å²) in [6.45, 7) is 8.46. The second kappa shape index (κ2) is 8.41. The molecule has 0 aliphatic heterocycles. The van der Waals surface area contributed by atoms with E-state index in [2.05, 4.69) is 44.4 Å². The number of amides is 1. The third-order valence-electron chi connectivity index (χ3n) is 4.49. The van der Waals surface area contributed by atoms with Crippen molar-refractivity contribution < 1.29 is 9.53 Å². The molecule has 7 heteroatoms. The number of carbonyl (C=O) groups is 1. The van der Waals surface area contributed by atoms with E-state index in [1.807, 2.05) is 61.7 Å². The molecule has 148 valence electrons. The number of benzene rings is 1. The summed E-state index contributed by atoms with van der Waals surface area (Å²) in [5.74, 6) is 0.572. The first-order valence-electron chi connectivity index (χ1n) is 9.19. The van der Waals surface area contributed by atoms with Crippen LogP contribution in [0.25, 0.3) is 5.65 Å². The van der Waals surface area contributed by atoms with Gasteiger partial charge in [-0.15, -0.1) is 10.2 Å². The van der Waals surface area contributed by atoms with Gasteiger partial charge in [0.2, 0.25) is 5.91 Å². The molecule has 0 fully saturated rings. The van der Waals surface area contributed by atoms with Crippen LogP contribution in [0.15, 0.2) is 47.1 Å². The zero-order chi connectivity index (χ0) is 20.3. The van der Waals surface area contributed by atoms with Gasteiger partial charge in [0.1, 0.15) is 6.04 Å². The number of hydrogen-bond acceptors (Lipinski definition) is 4. The number of aromatic nitrogens is 3. The summed E-state index contributed by atoms with van der Waals surface area (Å²) in [6, 6.07) is 11.5. The predicted octanol–water partition coefficient (Wildman–Crippen LogP) is 4.22. The Morgan fingerprint density at radius 2 is 1.96 bits per heavy atom. The molecule has 0 radical (unpaired) electrons. The molecule has 0 spiro atoms. The van der Waals surface area contributed by atoms with Crippen molar-refractivity contribution >= 4 is 27.5 Å². The molecule has 0 saturated carbocycles. The highest BCUT2D eigenvalue weighted by Crippen LogP contribution is 2.21. The van der Waals surface area contributed by atoms with Crippen molar-refractivity contribution in [3.05, 3.63) is 64.0 Å². The van der Waals surface area contributed by atoms with E-state index in [4.69, 9.17) is 4.74 Å². The molecule has 0 aliphatic rings. The molecule has 0 unspecified atom stereocenters. The largest absolute Gasteiger partial charge is 0.374 e. The number of hydrogen-bond donors (Lipinski definition) is 1. The number of pyridine rings is 1.